The van der Waals surface area contributed by atoms with Crippen LogP contribution in [0.15, 0.2) is 30.6 Å². The molecule has 0 aliphatic carbocycles. The average molecular weight is 310 g/mol. The Bertz CT molecular complexity index is 799. The summed E-state index contributed by atoms with van der Waals surface area (Å²) in [4.78, 5) is 29.8. The summed E-state index contributed by atoms with van der Waals surface area (Å²) in [6, 6.07) is 5.78. The number of aryl methyl sites for hydroxylation is 2. The highest BCUT2D eigenvalue weighted by molar-refractivity contribution is 5.96. The third-order valence-corrected chi connectivity index (χ3v) is 4.27. The van der Waals surface area contributed by atoms with Crippen LogP contribution in [0.4, 0.5) is 0 Å². The van der Waals surface area contributed by atoms with E-state index in [2.05, 4.69) is 4.98 Å². The van der Waals surface area contributed by atoms with Crippen molar-refractivity contribution in [1.82, 2.24) is 9.88 Å². The second-order valence-corrected chi connectivity index (χ2v) is 5.92. The maximum absolute atomic E-state index is 12.7. The quantitative estimate of drug-likeness (QED) is 0.925. The number of pyridine rings is 1. The molecule has 1 aliphatic heterocycles. The van der Waals surface area contributed by atoms with Gasteiger partial charge in [0.1, 0.15) is 0 Å². The van der Waals surface area contributed by atoms with Gasteiger partial charge in [-0.15, -0.1) is 0 Å². The Labute approximate surface area is 134 Å². The first-order valence-corrected chi connectivity index (χ1v) is 7.53. The number of carbonyl (C=O) groups is 2. The van der Waals surface area contributed by atoms with E-state index < -0.39 is 5.97 Å². The van der Waals surface area contributed by atoms with E-state index in [-0.39, 0.29) is 11.5 Å². The van der Waals surface area contributed by atoms with E-state index in [0.717, 1.165) is 22.3 Å². The maximum Gasteiger partial charge on any atom is 0.337 e. The van der Waals surface area contributed by atoms with Crippen LogP contribution in [0.2, 0.25) is 0 Å². The number of nitrogens with zero attached hydrogens (tertiary/aromatic N) is 2. The van der Waals surface area contributed by atoms with Crippen molar-refractivity contribution in [3.8, 4) is 0 Å². The number of hydrogen-bond acceptors (Lipinski definition) is 3. The smallest absolute Gasteiger partial charge is 0.337 e. The highest BCUT2D eigenvalue weighted by Crippen LogP contribution is 2.24. The van der Waals surface area contributed by atoms with Gasteiger partial charge in [-0.05, 0) is 43.0 Å². The molecule has 0 radical (unpaired) electrons. The van der Waals surface area contributed by atoms with Gasteiger partial charge in [-0.25, -0.2) is 4.79 Å². The normalized spacial score (nSPS) is 13.6. The number of aromatic nitrogens is 1. The van der Waals surface area contributed by atoms with Gasteiger partial charge >= 0.3 is 5.97 Å². The van der Waals surface area contributed by atoms with Gasteiger partial charge in [-0.1, -0.05) is 17.7 Å². The molecular formula is C18H18N2O3. The molecule has 2 aromatic rings. The van der Waals surface area contributed by atoms with Gasteiger partial charge < -0.3 is 10.0 Å². The minimum absolute atomic E-state index is 0.0196. The standard InChI is InChI=1S/C18H18N2O3/c1-11-3-4-14(12(2)7-11)17(21)20-6-5-15-13(10-20)8-19-9-16(15)18(22)23/h3-4,7-9H,5-6,10H2,1-2H3,(H,22,23). The Morgan fingerprint density at radius 1 is 1.17 bits per heavy atom. The molecule has 0 fully saturated rings. The molecule has 2 heterocycles. The molecular weight excluding hydrogens is 292 g/mol. The van der Waals surface area contributed by atoms with Crippen molar-refractivity contribution in [3.63, 3.8) is 0 Å². The summed E-state index contributed by atoms with van der Waals surface area (Å²) >= 11 is 0. The Kier molecular flexibility index (Phi) is 3.86. The van der Waals surface area contributed by atoms with Gasteiger partial charge in [0.25, 0.3) is 5.91 Å². The Morgan fingerprint density at radius 3 is 2.65 bits per heavy atom. The molecule has 0 atom stereocenters. The predicted octanol–water partition coefficient (Wildman–Crippen LogP) is 2.60. The summed E-state index contributed by atoms with van der Waals surface area (Å²) < 4.78 is 0. The van der Waals surface area contributed by atoms with E-state index in [4.69, 9.17) is 0 Å². The number of aromatic carboxylic acids is 1. The minimum atomic E-state index is -0.969. The lowest BCUT2D eigenvalue weighted by atomic mass is 9.96. The highest BCUT2D eigenvalue weighted by Gasteiger charge is 2.26. The molecule has 5 nitrogen and oxygen atoms in total. The molecule has 0 saturated carbocycles. The molecule has 0 bridgehead atoms. The van der Waals surface area contributed by atoms with Gasteiger partial charge in [-0.3, -0.25) is 9.78 Å². The van der Waals surface area contributed by atoms with Crippen LogP contribution in [-0.4, -0.2) is 33.4 Å². The second kappa shape index (κ2) is 5.83. The monoisotopic (exact) mass is 310 g/mol. The summed E-state index contributed by atoms with van der Waals surface area (Å²) in [7, 11) is 0. The Morgan fingerprint density at radius 2 is 1.96 bits per heavy atom. The van der Waals surface area contributed by atoms with Crippen molar-refractivity contribution >= 4 is 11.9 Å². The van der Waals surface area contributed by atoms with Crippen LogP contribution in [0.5, 0.6) is 0 Å². The number of benzene rings is 1. The highest BCUT2D eigenvalue weighted by atomic mass is 16.4. The molecule has 1 amide bonds. The molecule has 1 aromatic heterocycles. The molecule has 0 unspecified atom stereocenters. The number of rotatable bonds is 2. The summed E-state index contributed by atoms with van der Waals surface area (Å²) in [5, 5.41) is 9.24. The van der Waals surface area contributed by atoms with Crippen molar-refractivity contribution in [3.05, 3.63) is 64.0 Å². The van der Waals surface area contributed by atoms with Crippen LogP contribution in [0.25, 0.3) is 0 Å². The molecule has 1 aliphatic rings. The van der Waals surface area contributed by atoms with E-state index in [1.54, 1.807) is 11.1 Å². The number of hydrogen-bond donors (Lipinski definition) is 1. The fourth-order valence-electron chi connectivity index (χ4n) is 3.08. The number of amides is 1. The maximum atomic E-state index is 12.7. The summed E-state index contributed by atoms with van der Waals surface area (Å²) in [5.74, 6) is -0.989. The lowest BCUT2D eigenvalue weighted by molar-refractivity contribution is 0.0693. The van der Waals surface area contributed by atoms with Crippen LogP contribution in [-0.2, 0) is 13.0 Å². The molecule has 3 rings (SSSR count). The number of carboxylic acids is 1. The lowest BCUT2D eigenvalue weighted by Gasteiger charge is -2.29. The lowest BCUT2D eigenvalue weighted by Crippen LogP contribution is -2.37. The molecule has 23 heavy (non-hydrogen) atoms. The molecule has 0 spiro atoms. The van der Waals surface area contributed by atoms with Gasteiger partial charge in [0.05, 0.1) is 5.56 Å². The summed E-state index contributed by atoms with van der Waals surface area (Å²) in [6.07, 6.45) is 3.57. The zero-order chi connectivity index (χ0) is 16.6. The van der Waals surface area contributed by atoms with Crippen molar-refractivity contribution in [2.75, 3.05) is 6.54 Å². The second-order valence-electron chi connectivity index (χ2n) is 5.92. The van der Waals surface area contributed by atoms with Gasteiger partial charge in [0.2, 0.25) is 0 Å². The van der Waals surface area contributed by atoms with Crippen LogP contribution < -0.4 is 0 Å². The molecule has 118 valence electrons. The van der Waals surface area contributed by atoms with E-state index in [0.29, 0.717) is 25.1 Å². The van der Waals surface area contributed by atoms with Crippen molar-refractivity contribution in [2.24, 2.45) is 0 Å². The Balaban J connectivity index is 1.89. The number of carboxylic acid groups (broad SMARTS) is 1. The molecule has 5 heteroatoms. The number of carbonyl (C=O) groups excluding carboxylic acids is 1. The van der Waals surface area contributed by atoms with E-state index in [9.17, 15) is 14.7 Å². The first kappa shape index (κ1) is 15.2. The van der Waals surface area contributed by atoms with Crippen LogP contribution in [0.3, 0.4) is 0 Å². The predicted molar refractivity (Wildman–Crippen MR) is 85.6 cm³/mol. The largest absolute Gasteiger partial charge is 0.478 e. The third kappa shape index (κ3) is 2.82. The third-order valence-electron chi connectivity index (χ3n) is 4.27. The minimum Gasteiger partial charge on any atom is -0.478 e. The molecule has 1 aromatic carbocycles. The van der Waals surface area contributed by atoms with Gasteiger partial charge in [0.15, 0.2) is 0 Å². The zero-order valence-corrected chi connectivity index (χ0v) is 13.2. The first-order chi connectivity index (χ1) is 11.0. The first-order valence-electron chi connectivity index (χ1n) is 7.53. The van der Waals surface area contributed by atoms with E-state index in [1.807, 2.05) is 32.0 Å². The SMILES string of the molecule is Cc1ccc(C(=O)N2CCc3c(cncc3C(=O)O)C2)c(C)c1. The van der Waals surface area contributed by atoms with Crippen LogP contribution in [0, 0.1) is 13.8 Å². The molecule has 0 saturated heterocycles. The fourth-order valence-corrected chi connectivity index (χ4v) is 3.08. The fraction of sp³-hybridized carbons (Fsp3) is 0.278. The zero-order valence-electron chi connectivity index (χ0n) is 13.2. The topological polar surface area (TPSA) is 70.5 Å². The number of fused-ring (bicyclic) bond motifs is 1. The van der Waals surface area contributed by atoms with Crippen molar-refractivity contribution in [2.45, 2.75) is 26.8 Å². The van der Waals surface area contributed by atoms with E-state index in [1.165, 1.54) is 6.20 Å². The van der Waals surface area contributed by atoms with E-state index >= 15 is 0 Å². The Hall–Kier alpha value is -2.69. The van der Waals surface area contributed by atoms with Crippen LogP contribution in [0.1, 0.15) is 43.0 Å². The van der Waals surface area contributed by atoms with Crippen molar-refractivity contribution in [1.29, 1.82) is 0 Å². The average Bonchev–Trinajstić information content (AvgIpc) is 2.53. The van der Waals surface area contributed by atoms with Gasteiger partial charge in [0, 0.05) is 31.0 Å². The summed E-state index contributed by atoms with van der Waals surface area (Å²) in [6.45, 7) is 4.85. The van der Waals surface area contributed by atoms with Crippen molar-refractivity contribution < 1.29 is 14.7 Å². The summed E-state index contributed by atoms with van der Waals surface area (Å²) in [5.41, 5.74) is 4.62. The molecule has 1 N–H and O–H groups in total. The van der Waals surface area contributed by atoms with Crippen LogP contribution >= 0.6 is 0 Å². The van der Waals surface area contributed by atoms with Gasteiger partial charge in [-0.2, -0.15) is 0 Å².